The monoisotopic (exact) mass is 298 g/mol. The second-order valence-corrected chi connectivity index (χ2v) is 6.80. The molecule has 0 aliphatic carbocycles. The first-order valence-corrected chi connectivity index (χ1v) is 9.03. The molecule has 0 saturated heterocycles. The second-order valence-electron chi connectivity index (χ2n) is 4.95. The molecule has 20 heavy (non-hydrogen) atoms. The molecule has 0 radical (unpaired) electrons. The van der Waals surface area contributed by atoms with Gasteiger partial charge in [0.05, 0.1) is 5.75 Å². The van der Waals surface area contributed by atoms with E-state index in [4.69, 9.17) is 0 Å². The van der Waals surface area contributed by atoms with Crippen molar-refractivity contribution in [2.75, 3.05) is 28.5 Å². The predicted molar refractivity (Wildman–Crippen MR) is 86.9 cm³/mol. The van der Waals surface area contributed by atoms with Crippen molar-refractivity contribution in [1.29, 1.82) is 0 Å². The highest BCUT2D eigenvalue weighted by Gasteiger charge is 2.09. The predicted octanol–water partition coefficient (Wildman–Crippen LogP) is 3.46. The van der Waals surface area contributed by atoms with Crippen LogP contribution < -0.4 is 9.62 Å². The fourth-order valence-electron chi connectivity index (χ4n) is 2.15. The van der Waals surface area contributed by atoms with Gasteiger partial charge in [0.15, 0.2) is 0 Å². The third-order valence-corrected chi connectivity index (χ3v) is 4.46. The van der Waals surface area contributed by atoms with Crippen LogP contribution in [0.3, 0.4) is 0 Å². The lowest BCUT2D eigenvalue weighted by Crippen LogP contribution is -2.24. The highest BCUT2D eigenvalue weighted by atomic mass is 32.2. The number of rotatable bonds is 9. The number of hydrogen-bond donors (Lipinski definition) is 1. The first-order valence-electron chi connectivity index (χ1n) is 7.37. The summed E-state index contributed by atoms with van der Waals surface area (Å²) in [4.78, 5) is 2.32. The normalized spacial score (nSPS) is 11.3. The van der Waals surface area contributed by atoms with Gasteiger partial charge >= 0.3 is 0 Å². The van der Waals surface area contributed by atoms with Crippen molar-refractivity contribution < 1.29 is 8.42 Å². The Hall–Kier alpha value is -1.23. The second kappa shape index (κ2) is 8.15. The van der Waals surface area contributed by atoms with Crippen molar-refractivity contribution in [3.63, 3.8) is 0 Å². The molecule has 0 unspecified atom stereocenters. The summed E-state index contributed by atoms with van der Waals surface area (Å²) < 4.78 is 26.0. The molecule has 0 saturated carbocycles. The van der Waals surface area contributed by atoms with Gasteiger partial charge in [-0.05, 0) is 43.5 Å². The van der Waals surface area contributed by atoms with E-state index in [-0.39, 0.29) is 5.75 Å². The quantitative estimate of drug-likeness (QED) is 0.759. The van der Waals surface area contributed by atoms with Crippen LogP contribution in [-0.4, -0.2) is 27.3 Å². The van der Waals surface area contributed by atoms with E-state index < -0.39 is 10.0 Å². The van der Waals surface area contributed by atoms with Crippen LogP contribution in [-0.2, 0) is 10.0 Å². The molecule has 0 heterocycles. The molecular weight excluding hydrogens is 272 g/mol. The molecule has 0 aliphatic rings. The van der Waals surface area contributed by atoms with Crippen molar-refractivity contribution in [2.24, 2.45) is 0 Å². The Morgan fingerprint density at radius 2 is 1.50 bits per heavy atom. The molecule has 1 N–H and O–H groups in total. The Labute approximate surface area is 123 Å². The number of nitrogens with one attached hydrogen (secondary N) is 1. The molecule has 0 amide bonds. The summed E-state index contributed by atoms with van der Waals surface area (Å²) in [6.07, 6.45) is 2.82. The first kappa shape index (κ1) is 16.8. The van der Waals surface area contributed by atoms with Gasteiger partial charge in [-0.15, -0.1) is 0 Å². The van der Waals surface area contributed by atoms with Crippen LogP contribution >= 0.6 is 0 Å². The maximum absolute atomic E-state index is 11.7. The summed E-state index contributed by atoms with van der Waals surface area (Å²) in [6, 6.07) is 7.63. The van der Waals surface area contributed by atoms with Crippen molar-refractivity contribution in [1.82, 2.24) is 0 Å². The zero-order valence-corrected chi connectivity index (χ0v) is 13.5. The smallest absolute Gasteiger partial charge is 0.232 e. The summed E-state index contributed by atoms with van der Waals surface area (Å²) in [6.45, 7) is 8.23. The number of benzene rings is 1. The van der Waals surface area contributed by atoms with Gasteiger partial charge in [0.2, 0.25) is 10.0 Å². The van der Waals surface area contributed by atoms with Crippen molar-refractivity contribution in [2.45, 2.75) is 40.0 Å². The Morgan fingerprint density at radius 3 is 1.95 bits per heavy atom. The number of anilines is 2. The molecule has 0 aliphatic heterocycles. The molecule has 1 aromatic carbocycles. The van der Waals surface area contributed by atoms with Crippen LogP contribution in [0, 0.1) is 0 Å². The summed E-state index contributed by atoms with van der Waals surface area (Å²) >= 11 is 0. The van der Waals surface area contributed by atoms with Gasteiger partial charge in [-0.3, -0.25) is 4.72 Å². The minimum absolute atomic E-state index is 0.159. The van der Waals surface area contributed by atoms with Crippen molar-refractivity contribution >= 4 is 21.4 Å². The fourth-order valence-corrected chi connectivity index (χ4v) is 3.28. The maximum atomic E-state index is 11.7. The summed E-state index contributed by atoms with van der Waals surface area (Å²) in [7, 11) is -3.20. The molecule has 0 atom stereocenters. The van der Waals surface area contributed by atoms with Crippen LogP contribution in [0.25, 0.3) is 0 Å². The van der Waals surface area contributed by atoms with Gasteiger partial charge in [0, 0.05) is 24.5 Å². The third kappa shape index (κ3) is 5.41. The average Bonchev–Trinajstić information content (AvgIpc) is 2.39. The average molecular weight is 298 g/mol. The minimum atomic E-state index is -3.20. The van der Waals surface area contributed by atoms with Gasteiger partial charge in [-0.25, -0.2) is 8.42 Å². The summed E-state index contributed by atoms with van der Waals surface area (Å²) in [5, 5.41) is 0. The summed E-state index contributed by atoms with van der Waals surface area (Å²) in [5.41, 5.74) is 1.78. The van der Waals surface area contributed by atoms with E-state index >= 15 is 0 Å². The molecule has 0 bridgehead atoms. The molecule has 0 fully saturated rings. The van der Waals surface area contributed by atoms with E-state index in [1.807, 2.05) is 31.2 Å². The fraction of sp³-hybridized carbons (Fsp3) is 0.600. The van der Waals surface area contributed by atoms with E-state index in [2.05, 4.69) is 23.5 Å². The Kier molecular flexibility index (Phi) is 6.85. The van der Waals surface area contributed by atoms with Gasteiger partial charge in [-0.2, -0.15) is 0 Å². The van der Waals surface area contributed by atoms with Gasteiger partial charge in [0.1, 0.15) is 0 Å². The maximum Gasteiger partial charge on any atom is 0.232 e. The topological polar surface area (TPSA) is 49.4 Å². The van der Waals surface area contributed by atoms with Gasteiger partial charge < -0.3 is 4.90 Å². The Bertz CT molecular complexity index is 477. The molecule has 114 valence electrons. The van der Waals surface area contributed by atoms with E-state index in [9.17, 15) is 8.42 Å². The highest BCUT2D eigenvalue weighted by molar-refractivity contribution is 7.92. The highest BCUT2D eigenvalue weighted by Crippen LogP contribution is 2.19. The molecule has 1 rings (SSSR count). The zero-order chi connectivity index (χ0) is 15.0. The van der Waals surface area contributed by atoms with E-state index in [0.717, 1.165) is 31.6 Å². The first-order chi connectivity index (χ1) is 9.52. The molecule has 5 heteroatoms. The lowest BCUT2D eigenvalue weighted by Gasteiger charge is -2.24. The number of nitrogens with zero attached hydrogens (tertiary/aromatic N) is 1. The van der Waals surface area contributed by atoms with Crippen LogP contribution in [0.4, 0.5) is 11.4 Å². The lowest BCUT2D eigenvalue weighted by molar-refractivity contribution is 0.600. The van der Waals surface area contributed by atoms with Crippen LogP contribution in [0.15, 0.2) is 24.3 Å². The molecule has 0 aromatic heterocycles. The van der Waals surface area contributed by atoms with Gasteiger partial charge in [0.25, 0.3) is 0 Å². The van der Waals surface area contributed by atoms with Crippen molar-refractivity contribution in [3.8, 4) is 0 Å². The van der Waals surface area contributed by atoms with Gasteiger partial charge in [-0.1, -0.05) is 20.8 Å². The molecule has 1 aromatic rings. The Balaban J connectivity index is 2.77. The number of sulfonamides is 1. The number of hydrogen-bond acceptors (Lipinski definition) is 3. The van der Waals surface area contributed by atoms with Crippen LogP contribution in [0.5, 0.6) is 0 Å². The zero-order valence-electron chi connectivity index (χ0n) is 12.7. The van der Waals surface area contributed by atoms with Crippen molar-refractivity contribution in [3.05, 3.63) is 24.3 Å². The van der Waals surface area contributed by atoms with E-state index in [0.29, 0.717) is 12.1 Å². The molecule has 0 spiro atoms. The summed E-state index contributed by atoms with van der Waals surface area (Å²) in [5.74, 6) is 0.159. The van der Waals surface area contributed by atoms with E-state index in [1.54, 1.807) is 0 Å². The molecule has 4 nitrogen and oxygen atoms in total. The van der Waals surface area contributed by atoms with Crippen LogP contribution in [0.1, 0.15) is 40.0 Å². The third-order valence-electron chi connectivity index (χ3n) is 2.97. The molecular formula is C15H26N2O2S. The van der Waals surface area contributed by atoms with Crippen LogP contribution in [0.2, 0.25) is 0 Å². The SMILES string of the molecule is CCCN(CCC)c1ccc(NS(=O)(=O)CCC)cc1. The lowest BCUT2D eigenvalue weighted by atomic mass is 10.2. The minimum Gasteiger partial charge on any atom is -0.372 e. The largest absolute Gasteiger partial charge is 0.372 e. The van der Waals surface area contributed by atoms with E-state index in [1.165, 1.54) is 0 Å². The Morgan fingerprint density at radius 1 is 0.950 bits per heavy atom. The standard InChI is InChI=1S/C15H26N2O2S/c1-4-11-17(12-5-2)15-9-7-14(8-10-15)16-20(18,19)13-6-3/h7-10,16H,4-6,11-13H2,1-3H3.